The Morgan fingerprint density at radius 1 is 1.30 bits per heavy atom. The lowest BCUT2D eigenvalue weighted by Gasteiger charge is -2.26. The highest BCUT2D eigenvalue weighted by molar-refractivity contribution is 9.10. The van der Waals surface area contributed by atoms with Gasteiger partial charge in [0, 0.05) is 4.47 Å². The molecule has 0 aliphatic carbocycles. The van der Waals surface area contributed by atoms with Crippen LogP contribution in [0.2, 0.25) is 0 Å². The van der Waals surface area contributed by atoms with Crippen LogP contribution in [0.25, 0.3) is 0 Å². The standard InChI is InChI=1S/C17H16BrNO4/c1-21-14-7-6-11(18)8-13(14)17(20)19-9-12-10-22-15-4-2-3-5-16(15)23-12/h2-8,12H,9-10H2,1H3,(H,19,20). The molecule has 6 heteroatoms. The van der Waals surface area contributed by atoms with Gasteiger partial charge in [0.2, 0.25) is 0 Å². The molecule has 120 valence electrons. The van der Waals surface area contributed by atoms with Crippen molar-refractivity contribution >= 4 is 21.8 Å². The van der Waals surface area contributed by atoms with Gasteiger partial charge >= 0.3 is 0 Å². The normalized spacial score (nSPS) is 15.8. The molecule has 1 N–H and O–H groups in total. The lowest BCUT2D eigenvalue weighted by molar-refractivity contribution is 0.0787. The molecule has 1 heterocycles. The molecule has 0 radical (unpaired) electrons. The van der Waals surface area contributed by atoms with Crippen LogP contribution >= 0.6 is 15.9 Å². The van der Waals surface area contributed by atoms with Crippen LogP contribution in [0.1, 0.15) is 10.4 Å². The van der Waals surface area contributed by atoms with Crippen molar-refractivity contribution in [3.63, 3.8) is 0 Å². The summed E-state index contributed by atoms with van der Waals surface area (Å²) in [6.45, 7) is 0.746. The molecule has 2 aromatic carbocycles. The number of benzene rings is 2. The fourth-order valence-electron chi connectivity index (χ4n) is 2.32. The van der Waals surface area contributed by atoms with E-state index in [0.717, 1.165) is 10.2 Å². The summed E-state index contributed by atoms with van der Waals surface area (Å²) in [5.41, 5.74) is 0.471. The lowest BCUT2D eigenvalue weighted by Crippen LogP contribution is -2.40. The van der Waals surface area contributed by atoms with Gasteiger partial charge < -0.3 is 19.5 Å². The highest BCUT2D eigenvalue weighted by Gasteiger charge is 2.22. The molecule has 1 aliphatic heterocycles. The van der Waals surface area contributed by atoms with Crippen LogP contribution in [0, 0.1) is 0 Å². The minimum Gasteiger partial charge on any atom is -0.496 e. The molecule has 1 atom stereocenters. The predicted octanol–water partition coefficient (Wildman–Crippen LogP) is 3.03. The van der Waals surface area contributed by atoms with E-state index in [9.17, 15) is 4.79 Å². The maximum Gasteiger partial charge on any atom is 0.255 e. The number of ether oxygens (including phenoxy) is 3. The van der Waals surface area contributed by atoms with Crippen LogP contribution in [0.3, 0.4) is 0 Å². The zero-order chi connectivity index (χ0) is 16.2. The third-order valence-electron chi connectivity index (χ3n) is 3.46. The minimum atomic E-state index is -0.230. The Morgan fingerprint density at radius 3 is 2.87 bits per heavy atom. The van der Waals surface area contributed by atoms with Crippen LogP contribution in [-0.2, 0) is 0 Å². The summed E-state index contributed by atoms with van der Waals surface area (Å²) in [5.74, 6) is 1.73. The molecule has 0 spiro atoms. The van der Waals surface area contributed by atoms with Gasteiger partial charge in [0.05, 0.1) is 19.2 Å². The lowest BCUT2D eigenvalue weighted by atomic mass is 10.2. The van der Waals surface area contributed by atoms with Gasteiger partial charge in [-0.15, -0.1) is 0 Å². The maximum absolute atomic E-state index is 12.4. The van der Waals surface area contributed by atoms with Gasteiger partial charge in [-0.2, -0.15) is 0 Å². The van der Waals surface area contributed by atoms with Crippen molar-refractivity contribution in [3.05, 3.63) is 52.5 Å². The Bertz CT molecular complexity index is 719. The van der Waals surface area contributed by atoms with Crippen LogP contribution in [0.5, 0.6) is 17.2 Å². The van der Waals surface area contributed by atoms with E-state index in [4.69, 9.17) is 14.2 Å². The quantitative estimate of drug-likeness (QED) is 0.889. The summed E-state index contributed by atoms with van der Waals surface area (Å²) in [7, 11) is 1.54. The number of amides is 1. The summed E-state index contributed by atoms with van der Waals surface area (Å²) in [5, 5.41) is 2.86. The van der Waals surface area contributed by atoms with Crippen molar-refractivity contribution in [3.8, 4) is 17.2 Å². The third-order valence-corrected chi connectivity index (χ3v) is 3.96. The second kappa shape index (κ2) is 6.91. The predicted molar refractivity (Wildman–Crippen MR) is 89.4 cm³/mol. The third kappa shape index (κ3) is 3.59. The van der Waals surface area contributed by atoms with Crippen molar-refractivity contribution in [2.24, 2.45) is 0 Å². The number of hydrogen-bond donors (Lipinski definition) is 1. The van der Waals surface area contributed by atoms with Gasteiger partial charge in [-0.1, -0.05) is 28.1 Å². The number of hydrogen-bond acceptors (Lipinski definition) is 4. The first-order valence-electron chi connectivity index (χ1n) is 7.17. The van der Waals surface area contributed by atoms with Gasteiger partial charge in [-0.25, -0.2) is 0 Å². The molecule has 0 aromatic heterocycles. The molecule has 1 unspecified atom stereocenters. The van der Waals surface area contributed by atoms with Crippen molar-refractivity contribution < 1.29 is 19.0 Å². The van der Waals surface area contributed by atoms with E-state index in [0.29, 0.717) is 30.2 Å². The van der Waals surface area contributed by atoms with E-state index in [1.165, 1.54) is 7.11 Å². The highest BCUT2D eigenvalue weighted by Crippen LogP contribution is 2.30. The number of nitrogens with one attached hydrogen (secondary N) is 1. The number of para-hydroxylation sites is 2. The van der Waals surface area contributed by atoms with Crippen molar-refractivity contribution in [2.75, 3.05) is 20.3 Å². The van der Waals surface area contributed by atoms with Crippen molar-refractivity contribution in [1.29, 1.82) is 0 Å². The Labute approximate surface area is 142 Å². The van der Waals surface area contributed by atoms with Gasteiger partial charge in [0.25, 0.3) is 5.91 Å². The van der Waals surface area contributed by atoms with Gasteiger partial charge in [0.15, 0.2) is 11.5 Å². The molecule has 5 nitrogen and oxygen atoms in total. The number of methoxy groups -OCH3 is 1. The van der Waals surface area contributed by atoms with Gasteiger partial charge in [-0.3, -0.25) is 4.79 Å². The van der Waals surface area contributed by atoms with E-state index < -0.39 is 0 Å². The van der Waals surface area contributed by atoms with Gasteiger partial charge in [0.1, 0.15) is 18.5 Å². The largest absolute Gasteiger partial charge is 0.496 e. The minimum absolute atomic E-state index is 0.217. The topological polar surface area (TPSA) is 56.8 Å². The van der Waals surface area contributed by atoms with E-state index in [2.05, 4.69) is 21.2 Å². The Hall–Kier alpha value is -2.21. The zero-order valence-corrected chi connectivity index (χ0v) is 14.1. The molecule has 1 amide bonds. The summed E-state index contributed by atoms with van der Waals surface area (Å²) in [6.07, 6.45) is -0.230. The van der Waals surface area contributed by atoms with Crippen molar-refractivity contribution in [1.82, 2.24) is 5.32 Å². The first-order chi connectivity index (χ1) is 11.2. The Kier molecular flexibility index (Phi) is 4.71. The average molecular weight is 378 g/mol. The van der Waals surface area contributed by atoms with E-state index >= 15 is 0 Å². The van der Waals surface area contributed by atoms with Crippen LogP contribution < -0.4 is 19.5 Å². The number of carbonyl (C=O) groups excluding carboxylic acids is 1. The van der Waals surface area contributed by atoms with Gasteiger partial charge in [-0.05, 0) is 30.3 Å². The molecule has 0 bridgehead atoms. The molecule has 2 aromatic rings. The molecule has 0 fully saturated rings. The van der Waals surface area contributed by atoms with Crippen LogP contribution in [-0.4, -0.2) is 32.3 Å². The molecule has 0 saturated carbocycles. The smallest absolute Gasteiger partial charge is 0.255 e. The van der Waals surface area contributed by atoms with Crippen LogP contribution in [0.4, 0.5) is 0 Å². The molecule has 0 saturated heterocycles. The van der Waals surface area contributed by atoms with E-state index in [-0.39, 0.29) is 12.0 Å². The first-order valence-corrected chi connectivity index (χ1v) is 7.97. The first kappa shape index (κ1) is 15.7. The summed E-state index contributed by atoms with van der Waals surface area (Å²) in [4.78, 5) is 12.4. The average Bonchev–Trinajstić information content (AvgIpc) is 2.59. The SMILES string of the molecule is COc1ccc(Br)cc1C(=O)NCC1COc2ccccc2O1. The zero-order valence-electron chi connectivity index (χ0n) is 12.5. The number of fused-ring (bicyclic) bond motifs is 1. The van der Waals surface area contributed by atoms with Crippen LogP contribution in [0.15, 0.2) is 46.9 Å². The summed E-state index contributed by atoms with van der Waals surface area (Å²) >= 11 is 3.36. The Morgan fingerprint density at radius 2 is 2.09 bits per heavy atom. The second-order valence-corrected chi connectivity index (χ2v) is 5.97. The van der Waals surface area contributed by atoms with E-state index in [1.54, 1.807) is 12.1 Å². The van der Waals surface area contributed by atoms with E-state index in [1.807, 2.05) is 30.3 Å². The fourth-order valence-corrected chi connectivity index (χ4v) is 2.68. The molecular weight excluding hydrogens is 362 g/mol. The number of halogens is 1. The highest BCUT2D eigenvalue weighted by atomic mass is 79.9. The summed E-state index contributed by atoms with van der Waals surface area (Å²) in [6, 6.07) is 12.8. The second-order valence-electron chi connectivity index (χ2n) is 5.05. The molecule has 23 heavy (non-hydrogen) atoms. The monoisotopic (exact) mass is 377 g/mol. The summed E-state index contributed by atoms with van der Waals surface area (Å²) < 4.78 is 17.5. The molecule has 3 rings (SSSR count). The molecule has 1 aliphatic rings. The Balaban J connectivity index is 1.63. The number of rotatable bonds is 4. The fraction of sp³-hybridized carbons (Fsp3) is 0.235. The van der Waals surface area contributed by atoms with Crippen molar-refractivity contribution in [2.45, 2.75) is 6.10 Å². The molecular formula is C17H16BrNO4. The maximum atomic E-state index is 12.4. The number of carbonyl (C=O) groups is 1.